The van der Waals surface area contributed by atoms with Crippen molar-refractivity contribution < 1.29 is 13.9 Å². The number of anilines is 1. The quantitative estimate of drug-likeness (QED) is 0.878. The molecule has 1 N–H and O–H groups in total. The number of carbonyl (C=O) groups excluding carboxylic acids is 1. The first kappa shape index (κ1) is 17.1. The number of methoxy groups -OCH3 is 1. The van der Waals surface area contributed by atoms with Crippen LogP contribution in [0.25, 0.3) is 0 Å². The highest BCUT2D eigenvalue weighted by molar-refractivity contribution is 6.32. The third kappa shape index (κ3) is 4.13. The molecular formula is C17H18ClFN2O2. The van der Waals surface area contributed by atoms with Gasteiger partial charge in [0.15, 0.2) is 0 Å². The van der Waals surface area contributed by atoms with E-state index in [2.05, 4.69) is 5.32 Å². The van der Waals surface area contributed by atoms with Crippen LogP contribution in [-0.2, 0) is 0 Å². The van der Waals surface area contributed by atoms with Gasteiger partial charge >= 0.3 is 6.03 Å². The molecule has 0 radical (unpaired) electrons. The van der Waals surface area contributed by atoms with Gasteiger partial charge in [-0.25, -0.2) is 9.18 Å². The van der Waals surface area contributed by atoms with Crippen LogP contribution in [0.3, 0.4) is 0 Å². The lowest BCUT2D eigenvalue weighted by Crippen LogP contribution is -2.33. The normalized spacial score (nSPS) is 11.7. The number of ether oxygens (including phenoxy) is 1. The SMILES string of the molecule is COc1ccc(NC(=O)N(C)C(C)c2ccc(F)cc2)cc1Cl. The smallest absolute Gasteiger partial charge is 0.322 e. The second kappa shape index (κ2) is 7.33. The van der Waals surface area contributed by atoms with E-state index in [9.17, 15) is 9.18 Å². The van der Waals surface area contributed by atoms with Gasteiger partial charge in [0.1, 0.15) is 11.6 Å². The third-order valence-electron chi connectivity index (χ3n) is 3.66. The summed E-state index contributed by atoms with van der Waals surface area (Å²) < 4.78 is 18.1. The van der Waals surface area contributed by atoms with E-state index in [-0.39, 0.29) is 17.9 Å². The first-order valence-corrected chi connectivity index (χ1v) is 7.43. The number of urea groups is 1. The molecule has 0 aliphatic rings. The van der Waals surface area contributed by atoms with Gasteiger partial charge in [0.25, 0.3) is 0 Å². The molecule has 0 aliphatic carbocycles. The number of hydrogen-bond acceptors (Lipinski definition) is 2. The van der Waals surface area contributed by atoms with E-state index in [1.807, 2.05) is 6.92 Å². The van der Waals surface area contributed by atoms with Crippen LogP contribution in [0.4, 0.5) is 14.9 Å². The number of rotatable bonds is 4. The van der Waals surface area contributed by atoms with Crippen LogP contribution in [0.1, 0.15) is 18.5 Å². The van der Waals surface area contributed by atoms with Crippen LogP contribution in [0, 0.1) is 5.82 Å². The van der Waals surface area contributed by atoms with Crippen molar-refractivity contribution >= 4 is 23.3 Å². The fourth-order valence-corrected chi connectivity index (χ4v) is 2.35. The first-order chi connectivity index (χ1) is 10.9. The molecule has 1 unspecified atom stereocenters. The predicted octanol–water partition coefficient (Wildman–Crippen LogP) is 4.71. The molecule has 0 saturated heterocycles. The van der Waals surface area contributed by atoms with Gasteiger partial charge in [-0.2, -0.15) is 0 Å². The molecule has 2 rings (SSSR count). The summed E-state index contributed by atoms with van der Waals surface area (Å²) in [4.78, 5) is 13.9. The molecule has 0 bridgehead atoms. The van der Waals surface area contributed by atoms with Crippen molar-refractivity contribution in [2.75, 3.05) is 19.5 Å². The Morgan fingerprint density at radius 2 is 1.91 bits per heavy atom. The third-order valence-corrected chi connectivity index (χ3v) is 3.95. The Balaban J connectivity index is 2.07. The van der Waals surface area contributed by atoms with Gasteiger partial charge in [0.2, 0.25) is 0 Å². The van der Waals surface area contributed by atoms with E-state index in [0.29, 0.717) is 16.5 Å². The minimum absolute atomic E-state index is 0.204. The molecule has 122 valence electrons. The van der Waals surface area contributed by atoms with E-state index in [0.717, 1.165) is 5.56 Å². The fourth-order valence-electron chi connectivity index (χ4n) is 2.10. The zero-order valence-electron chi connectivity index (χ0n) is 13.1. The lowest BCUT2D eigenvalue weighted by molar-refractivity contribution is 0.208. The zero-order chi connectivity index (χ0) is 17.0. The topological polar surface area (TPSA) is 41.6 Å². The number of halogens is 2. The highest BCUT2D eigenvalue weighted by Gasteiger charge is 2.18. The molecule has 2 aromatic rings. The van der Waals surface area contributed by atoms with Crippen molar-refractivity contribution in [2.24, 2.45) is 0 Å². The first-order valence-electron chi connectivity index (χ1n) is 7.05. The van der Waals surface area contributed by atoms with E-state index < -0.39 is 0 Å². The molecule has 1 atom stereocenters. The lowest BCUT2D eigenvalue weighted by Gasteiger charge is -2.25. The summed E-state index contributed by atoms with van der Waals surface area (Å²) >= 11 is 6.04. The second-order valence-electron chi connectivity index (χ2n) is 5.12. The molecule has 6 heteroatoms. The van der Waals surface area contributed by atoms with E-state index >= 15 is 0 Å². The molecule has 0 aliphatic heterocycles. The Kier molecular flexibility index (Phi) is 5.45. The maximum atomic E-state index is 13.0. The Morgan fingerprint density at radius 3 is 2.48 bits per heavy atom. The van der Waals surface area contributed by atoms with Crippen LogP contribution in [-0.4, -0.2) is 25.1 Å². The Labute approximate surface area is 139 Å². The van der Waals surface area contributed by atoms with Crippen LogP contribution in [0.2, 0.25) is 5.02 Å². The summed E-state index contributed by atoms with van der Waals surface area (Å²) in [6.07, 6.45) is 0. The maximum Gasteiger partial charge on any atom is 0.322 e. The van der Waals surface area contributed by atoms with E-state index in [4.69, 9.17) is 16.3 Å². The monoisotopic (exact) mass is 336 g/mol. The van der Waals surface area contributed by atoms with Gasteiger partial charge in [-0.3, -0.25) is 0 Å². The second-order valence-corrected chi connectivity index (χ2v) is 5.53. The predicted molar refractivity (Wildman–Crippen MR) is 89.6 cm³/mol. The summed E-state index contributed by atoms with van der Waals surface area (Å²) in [5.41, 5.74) is 1.41. The van der Waals surface area contributed by atoms with Crippen molar-refractivity contribution in [3.8, 4) is 5.75 Å². The van der Waals surface area contributed by atoms with Gasteiger partial charge in [-0.05, 0) is 42.8 Å². The molecule has 0 saturated carbocycles. The largest absolute Gasteiger partial charge is 0.495 e. The summed E-state index contributed by atoms with van der Waals surface area (Å²) in [5.74, 6) is 0.235. The number of amides is 2. The number of hydrogen-bond donors (Lipinski definition) is 1. The minimum Gasteiger partial charge on any atom is -0.495 e. The number of nitrogens with zero attached hydrogens (tertiary/aromatic N) is 1. The molecule has 0 spiro atoms. The van der Waals surface area contributed by atoms with Crippen molar-refractivity contribution in [1.29, 1.82) is 0 Å². The summed E-state index contributed by atoms with van der Waals surface area (Å²) in [7, 11) is 3.20. The lowest BCUT2D eigenvalue weighted by atomic mass is 10.1. The van der Waals surface area contributed by atoms with Crippen LogP contribution < -0.4 is 10.1 Å². The van der Waals surface area contributed by atoms with Gasteiger partial charge in [0.05, 0.1) is 18.2 Å². The van der Waals surface area contributed by atoms with Crippen LogP contribution >= 0.6 is 11.6 Å². The van der Waals surface area contributed by atoms with Crippen molar-refractivity contribution in [1.82, 2.24) is 4.90 Å². The maximum absolute atomic E-state index is 13.0. The molecular weight excluding hydrogens is 319 g/mol. The Hall–Kier alpha value is -2.27. The highest BCUT2D eigenvalue weighted by atomic mass is 35.5. The standard InChI is InChI=1S/C17H18ClFN2O2/c1-11(12-4-6-13(19)7-5-12)21(2)17(22)20-14-8-9-16(23-3)15(18)10-14/h4-11H,1-3H3,(H,20,22). The van der Waals surface area contributed by atoms with E-state index in [1.165, 1.54) is 24.1 Å². The van der Waals surface area contributed by atoms with Crippen molar-refractivity contribution in [2.45, 2.75) is 13.0 Å². The van der Waals surface area contributed by atoms with Gasteiger partial charge in [-0.15, -0.1) is 0 Å². The van der Waals surface area contributed by atoms with Crippen molar-refractivity contribution in [3.05, 3.63) is 58.9 Å². The average Bonchev–Trinajstić information content (AvgIpc) is 2.54. The number of benzene rings is 2. The van der Waals surface area contributed by atoms with E-state index in [1.54, 1.807) is 37.4 Å². The molecule has 0 heterocycles. The fraction of sp³-hybridized carbons (Fsp3) is 0.235. The van der Waals surface area contributed by atoms with Crippen LogP contribution in [0.5, 0.6) is 5.75 Å². The summed E-state index contributed by atoms with van der Waals surface area (Å²) in [6.45, 7) is 1.87. The summed E-state index contributed by atoms with van der Waals surface area (Å²) in [5, 5.41) is 3.19. The van der Waals surface area contributed by atoms with Gasteiger partial charge < -0.3 is 15.0 Å². The average molecular weight is 337 g/mol. The summed E-state index contributed by atoms with van der Waals surface area (Å²) in [6, 6.07) is 10.6. The minimum atomic E-state index is -0.305. The molecule has 0 fully saturated rings. The van der Waals surface area contributed by atoms with Gasteiger partial charge in [0, 0.05) is 12.7 Å². The zero-order valence-corrected chi connectivity index (χ0v) is 13.9. The Bertz CT molecular complexity index is 691. The van der Waals surface area contributed by atoms with Gasteiger partial charge in [-0.1, -0.05) is 23.7 Å². The number of carbonyl (C=O) groups is 1. The molecule has 23 heavy (non-hydrogen) atoms. The highest BCUT2D eigenvalue weighted by Crippen LogP contribution is 2.28. The number of nitrogens with one attached hydrogen (secondary N) is 1. The molecule has 4 nitrogen and oxygen atoms in total. The van der Waals surface area contributed by atoms with Crippen LogP contribution in [0.15, 0.2) is 42.5 Å². The van der Waals surface area contributed by atoms with Crippen molar-refractivity contribution in [3.63, 3.8) is 0 Å². The Morgan fingerprint density at radius 1 is 1.26 bits per heavy atom. The molecule has 0 aromatic heterocycles. The molecule has 2 amide bonds. The molecule has 2 aromatic carbocycles.